The Morgan fingerprint density at radius 2 is 1.95 bits per heavy atom. The number of amides is 1. The van der Waals surface area contributed by atoms with Gasteiger partial charge in [0.2, 0.25) is 0 Å². The average Bonchev–Trinajstić information content (AvgIpc) is 2.38. The SMILES string of the molecule is C=C(OCC)C(C#N)=C1CCN(C(=O)OC(C)(C)C)CC1. The molecule has 116 valence electrons. The second-order valence-corrected chi connectivity index (χ2v) is 5.91. The van der Waals surface area contributed by atoms with Crippen molar-refractivity contribution in [3.63, 3.8) is 0 Å². The Morgan fingerprint density at radius 3 is 2.38 bits per heavy atom. The van der Waals surface area contributed by atoms with Gasteiger partial charge in [0.1, 0.15) is 17.4 Å². The maximum Gasteiger partial charge on any atom is 0.410 e. The minimum absolute atomic E-state index is 0.302. The molecule has 1 aliphatic heterocycles. The molecule has 1 rings (SSSR count). The first-order valence-electron chi connectivity index (χ1n) is 7.20. The van der Waals surface area contributed by atoms with Crippen molar-refractivity contribution in [1.82, 2.24) is 4.90 Å². The van der Waals surface area contributed by atoms with Crippen molar-refractivity contribution >= 4 is 6.09 Å². The van der Waals surface area contributed by atoms with Gasteiger partial charge in [0.05, 0.1) is 12.2 Å². The molecule has 0 aromatic heterocycles. The third-order valence-corrected chi connectivity index (χ3v) is 3.08. The van der Waals surface area contributed by atoms with E-state index in [1.54, 1.807) is 4.90 Å². The van der Waals surface area contributed by atoms with Gasteiger partial charge in [-0.3, -0.25) is 0 Å². The van der Waals surface area contributed by atoms with Crippen LogP contribution in [0.25, 0.3) is 0 Å². The second-order valence-electron chi connectivity index (χ2n) is 5.91. The molecular formula is C16H24N2O3. The average molecular weight is 292 g/mol. The number of ether oxygens (including phenoxy) is 2. The van der Waals surface area contributed by atoms with E-state index < -0.39 is 5.60 Å². The number of likely N-dealkylation sites (tertiary alicyclic amines) is 1. The highest BCUT2D eigenvalue weighted by Gasteiger charge is 2.26. The summed E-state index contributed by atoms with van der Waals surface area (Å²) in [4.78, 5) is 13.7. The predicted octanol–water partition coefficient (Wildman–Crippen LogP) is 3.39. The summed E-state index contributed by atoms with van der Waals surface area (Å²) in [5.74, 6) is 0.417. The van der Waals surface area contributed by atoms with Crippen LogP contribution < -0.4 is 0 Å². The molecule has 0 aromatic carbocycles. The van der Waals surface area contributed by atoms with E-state index in [0.29, 0.717) is 43.9 Å². The van der Waals surface area contributed by atoms with Crippen molar-refractivity contribution in [1.29, 1.82) is 5.26 Å². The molecule has 0 aromatic rings. The largest absolute Gasteiger partial charge is 0.493 e. The van der Waals surface area contributed by atoms with Gasteiger partial charge in [-0.1, -0.05) is 6.58 Å². The molecule has 0 N–H and O–H groups in total. The van der Waals surface area contributed by atoms with Crippen LogP contribution in [0.4, 0.5) is 4.79 Å². The highest BCUT2D eigenvalue weighted by atomic mass is 16.6. The van der Waals surface area contributed by atoms with Crippen LogP contribution in [0, 0.1) is 11.3 Å². The predicted molar refractivity (Wildman–Crippen MR) is 80.4 cm³/mol. The van der Waals surface area contributed by atoms with Crippen LogP contribution in [-0.4, -0.2) is 36.3 Å². The van der Waals surface area contributed by atoms with E-state index in [1.165, 1.54) is 0 Å². The number of hydrogen-bond acceptors (Lipinski definition) is 4. The monoisotopic (exact) mass is 292 g/mol. The van der Waals surface area contributed by atoms with E-state index in [0.717, 1.165) is 5.57 Å². The lowest BCUT2D eigenvalue weighted by molar-refractivity contribution is 0.0236. The molecule has 0 unspecified atom stereocenters. The zero-order valence-corrected chi connectivity index (χ0v) is 13.4. The van der Waals surface area contributed by atoms with E-state index >= 15 is 0 Å². The summed E-state index contributed by atoms with van der Waals surface area (Å²) in [6.45, 7) is 12.8. The first kappa shape index (κ1) is 17.1. The summed E-state index contributed by atoms with van der Waals surface area (Å²) in [5, 5.41) is 9.25. The Balaban J connectivity index is 2.68. The number of allylic oxidation sites excluding steroid dienone is 1. The van der Waals surface area contributed by atoms with E-state index in [-0.39, 0.29) is 6.09 Å². The molecule has 21 heavy (non-hydrogen) atoms. The molecule has 5 nitrogen and oxygen atoms in total. The number of piperidine rings is 1. The van der Waals surface area contributed by atoms with E-state index in [4.69, 9.17) is 9.47 Å². The number of rotatable bonds is 3. The number of carbonyl (C=O) groups excluding carboxylic acids is 1. The zero-order valence-electron chi connectivity index (χ0n) is 13.4. The molecule has 1 heterocycles. The summed E-state index contributed by atoms with van der Waals surface area (Å²) < 4.78 is 10.7. The molecule has 1 saturated heterocycles. The van der Waals surface area contributed by atoms with Crippen molar-refractivity contribution in [2.75, 3.05) is 19.7 Å². The number of nitrogens with zero attached hydrogens (tertiary/aromatic N) is 2. The van der Waals surface area contributed by atoms with Crippen molar-refractivity contribution in [2.24, 2.45) is 0 Å². The van der Waals surface area contributed by atoms with Gasteiger partial charge in [-0.05, 0) is 46.1 Å². The van der Waals surface area contributed by atoms with E-state index in [9.17, 15) is 10.1 Å². The molecule has 0 bridgehead atoms. The fraction of sp³-hybridized carbons (Fsp3) is 0.625. The van der Waals surface area contributed by atoms with Gasteiger partial charge < -0.3 is 14.4 Å². The van der Waals surface area contributed by atoms with Crippen LogP contribution in [-0.2, 0) is 9.47 Å². The van der Waals surface area contributed by atoms with Crippen LogP contribution >= 0.6 is 0 Å². The first-order chi connectivity index (χ1) is 9.78. The summed E-state index contributed by atoms with van der Waals surface area (Å²) in [6.07, 6.45) is 0.992. The molecule has 5 heteroatoms. The molecule has 0 spiro atoms. The Morgan fingerprint density at radius 1 is 1.38 bits per heavy atom. The molecule has 1 aliphatic rings. The molecule has 1 amide bonds. The third-order valence-electron chi connectivity index (χ3n) is 3.08. The summed E-state index contributed by atoms with van der Waals surface area (Å²) in [7, 11) is 0. The van der Waals surface area contributed by atoms with Gasteiger partial charge >= 0.3 is 6.09 Å². The maximum absolute atomic E-state index is 12.0. The molecule has 0 aliphatic carbocycles. The molecular weight excluding hydrogens is 268 g/mol. The lowest BCUT2D eigenvalue weighted by atomic mass is 9.98. The summed E-state index contributed by atoms with van der Waals surface area (Å²) >= 11 is 0. The fourth-order valence-electron chi connectivity index (χ4n) is 2.12. The lowest BCUT2D eigenvalue weighted by Gasteiger charge is -2.31. The first-order valence-corrected chi connectivity index (χ1v) is 7.20. The van der Waals surface area contributed by atoms with Gasteiger partial charge in [-0.2, -0.15) is 5.26 Å². The van der Waals surface area contributed by atoms with Crippen molar-refractivity contribution in [3.05, 3.63) is 23.5 Å². The van der Waals surface area contributed by atoms with Gasteiger partial charge in [0.25, 0.3) is 0 Å². The number of nitriles is 1. The van der Waals surface area contributed by atoms with Gasteiger partial charge in [-0.25, -0.2) is 4.79 Å². The zero-order chi connectivity index (χ0) is 16.0. The highest BCUT2D eigenvalue weighted by Crippen LogP contribution is 2.25. The maximum atomic E-state index is 12.0. The van der Waals surface area contributed by atoms with Crippen LogP contribution in [0.1, 0.15) is 40.5 Å². The van der Waals surface area contributed by atoms with Crippen LogP contribution in [0.2, 0.25) is 0 Å². The van der Waals surface area contributed by atoms with Crippen molar-refractivity contribution < 1.29 is 14.3 Å². The van der Waals surface area contributed by atoms with Gasteiger partial charge in [0.15, 0.2) is 0 Å². The topological polar surface area (TPSA) is 62.6 Å². The third kappa shape index (κ3) is 5.14. The Kier molecular flexibility index (Phi) is 5.83. The quantitative estimate of drug-likeness (QED) is 0.591. The van der Waals surface area contributed by atoms with Gasteiger partial charge in [-0.15, -0.1) is 0 Å². The van der Waals surface area contributed by atoms with Crippen LogP contribution in [0.15, 0.2) is 23.5 Å². The lowest BCUT2D eigenvalue weighted by Crippen LogP contribution is -2.40. The minimum Gasteiger partial charge on any atom is -0.493 e. The Hall–Kier alpha value is -1.96. The molecule has 1 fully saturated rings. The highest BCUT2D eigenvalue weighted by molar-refractivity contribution is 5.68. The standard InChI is InChI=1S/C16H24N2O3/c1-6-20-12(2)14(11-17)13-7-9-18(10-8-13)15(19)21-16(3,4)5/h2,6-10H2,1,3-5H3. The fourth-order valence-corrected chi connectivity index (χ4v) is 2.12. The smallest absolute Gasteiger partial charge is 0.410 e. The van der Waals surface area contributed by atoms with Gasteiger partial charge in [0, 0.05) is 13.1 Å². The number of carbonyl (C=O) groups is 1. The van der Waals surface area contributed by atoms with Crippen LogP contribution in [0.3, 0.4) is 0 Å². The van der Waals surface area contributed by atoms with Crippen molar-refractivity contribution in [2.45, 2.75) is 46.1 Å². The van der Waals surface area contributed by atoms with Crippen LogP contribution in [0.5, 0.6) is 0 Å². The molecule has 0 saturated carbocycles. The molecule has 0 atom stereocenters. The number of hydrogen-bond donors (Lipinski definition) is 0. The second kappa shape index (κ2) is 7.16. The molecule has 0 radical (unpaired) electrons. The normalized spacial score (nSPS) is 15.2. The van der Waals surface area contributed by atoms with Crippen molar-refractivity contribution in [3.8, 4) is 6.07 Å². The Bertz CT molecular complexity index is 471. The Labute approximate surface area is 126 Å². The summed E-state index contributed by atoms with van der Waals surface area (Å²) in [6, 6.07) is 2.16. The summed E-state index contributed by atoms with van der Waals surface area (Å²) in [5.41, 5.74) is 1.02. The van der Waals surface area contributed by atoms with E-state index in [1.807, 2.05) is 27.7 Å². The minimum atomic E-state index is -0.492. The van der Waals surface area contributed by atoms with E-state index in [2.05, 4.69) is 12.6 Å².